The maximum Gasteiger partial charge on any atom is 0.306 e. The second-order valence-electron chi connectivity index (χ2n) is 6.95. The van der Waals surface area contributed by atoms with Crippen LogP contribution in [-0.2, 0) is 9.53 Å². The van der Waals surface area contributed by atoms with Crippen molar-refractivity contribution < 1.29 is 9.53 Å². The number of ether oxygens (including phenoxy) is 1. The summed E-state index contributed by atoms with van der Waals surface area (Å²) in [5.74, 6) is 2.90. The zero-order chi connectivity index (χ0) is 13.5. The Morgan fingerprint density at radius 2 is 1.79 bits per heavy atom. The minimum absolute atomic E-state index is 0.0846. The molecule has 0 unspecified atom stereocenters. The van der Waals surface area contributed by atoms with Crippen molar-refractivity contribution in [2.45, 2.75) is 57.5 Å². The summed E-state index contributed by atoms with van der Waals surface area (Å²) in [6.45, 7) is 9.35. The van der Waals surface area contributed by atoms with E-state index in [1.165, 1.54) is 32.1 Å². The van der Waals surface area contributed by atoms with Gasteiger partial charge in [0.15, 0.2) is 0 Å². The van der Waals surface area contributed by atoms with Gasteiger partial charge in [-0.25, -0.2) is 6.57 Å². The van der Waals surface area contributed by atoms with Crippen LogP contribution in [0.4, 0.5) is 0 Å². The topological polar surface area (TPSA) is 30.7 Å². The van der Waals surface area contributed by atoms with Gasteiger partial charge in [0.05, 0.1) is 6.42 Å². The summed E-state index contributed by atoms with van der Waals surface area (Å²) in [6.07, 6.45) is 7.51. The van der Waals surface area contributed by atoms with E-state index in [-0.39, 0.29) is 11.6 Å². The van der Waals surface area contributed by atoms with Gasteiger partial charge >= 0.3 is 5.97 Å². The average molecular weight is 261 g/mol. The molecule has 0 saturated heterocycles. The van der Waals surface area contributed by atoms with Crippen molar-refractivity contribution in [3.8, 4) is 0 Å². The molecule has 0 amide bonds. The summed E-state index contributed by atoms with van der Waals surface area (Å²) in [7, 11) is 0. The maximum atomic E-state index is 12.0. The summed E-state index contributed by atoms with van der Waals surface area (Å²) in [5.41, 5.74) is -0.206. The first-order valence-corrected chi connectivity index (χ1v) is 7.67. The number of hydrogen-bond acceptors (Lipinski definition) is 2. The second-order valence-corrected chi connectivity index (χ2v) is 6.95. The smallest absolute Gasteiger partial charge is 0.306 e. The Morgan fingerprint density at radius 1 is 1.21 bits per heavy atom. The Balaban J connectivity index is 1.63. The first kappa shape index (κ1) is 13.0. The molecule has 3 heteroatoms. The average Bonchev–Trinajstić information content (AvgIpc) is 2.35. The molecule has 0 aromatic heterocycles. The van der Waals surface area contributed by atoms with Gasteiger partial charge < -0.3 is 9.58 Å². The third-order valence-corrected chi connectivity index (χ3v) is 5.74. The Hall–Kier alpha value is -1.04. The van der Waals surface area contributed by atoms with E-state index in [2.05, 4.69) is 11.8 Å². The van der Waals surface area contributed by atoms with Gasteiger partial charge in [-0.1, -0.05) is 0 Å². The van der Waals surface area contributed by atoms with Crippen LogP contribution >= 0.6 is 0 Å². The second kappa shape index (κ2) is 4.81. The lowest BCUT2D eigenvalue weighted by molar-refractivity contribution is -0.203. The van der Waals surface area contributed by atoms with E-state index in [0.717, 1.165) is 11.8 Å². The molecule has 0 aromatic rings. The van der Waals surface area contributed by atoms with Crippen LogP contribution in [0, 0.1) is 30.2 Å². The molecule has 4 rings (SSSR count). The van der Waals surface area contributed by atoms with Crippen LogP contribution in [0.2, 0.25) is 0 Å². The van der Waals surface area contributed by atoms with Gasteiger partial charge in [-0.3, -0.25) is 4.79 Å². The van der Waals surface area contributed by atoms with Crippen molar-refractivity contribution in [3.63, 3.8) is 0 Å². The lowest BCUT2D eigenvalue weighted by atomic mass is 9.50. The van der Waals surface area contributed by atoms with Gasteiger partial charge in [0.1, 0.15) is 5.60 Å². The van der Waals surface area contributed by atoms with E-state index in [4.69, 9.17) is 11.3 Å². The number of carbonyl (C=O) groups is 1. The van der Waals surface area contributed by atoms with Crippen LogP contribution in [0.5, 0.6) is 0 Å². The summed E-state index contributed by atoms with van der Waals surface area (Å²) in [4.78, 5) is 15.3. The third kappa shape index (κ3) is 2.26. The van der Waals surface area contributed by atoms with Gasteiger partial charge in [-0.05, 0) is 62.7 Å². The SMILES string of the molecule is [C-]#[N+]CCCC(=O)OC1(C)C2CC3CC(C2)CC1C3. The van der Waals surface area contributed by atoms with Gasteiger partial charge in [0, 0.05) is 6.42 Å². The number of rotatable bonds is 4. The standard InChI is InChI=1S/C16H23NO2/c1-16(19-15(18)4-3-5-17-2)13-7-11-6-12(9-13)10-14(16)8-11/h11-14H,3-10H2,1H3. The maximum absolute atomic E-state index is 12.0. The van der Waals surface area contributed by atoms with Gasteiger partial charge in [0.25, 0.3) is 0 Å². The third-order valence-electron chi connectivity index (χ3n) is 5.74. The van der Waals surface area contributed by atoms with E-state index in [9.17, 15) is 4.79 Å². The Bertz CT molecular complexity index is 381. The highest BCUT2D eigenvalue weighted by molar-refractivity contribution is 5.70. The number of esters is 1. The van der Waals surface area contributed by atoms with Crippen molar-refractivity contribution >= 4 is 5.97 Å². The molecule has 0 N–H and O–H groups in total. The molecule has 4 aliphatic carbocycles. The van der Waals surface area contributed by atoms with Crippen molar-refractivity contribution in [1.29, 1.82) is 0 Å². The van der Waals surface area contributed by atoms with Crippen LogP contribution < -0.4 is 0 Å². The molecule has 4 bridgehead atoms. The molecule has 0 radical (unpaired) electrons. The molecule has 3 nitrogen and oxygen atoms in total. The molecule has 104 valence electrons. The molecule has 0 spiro atoms. The minimum atomic E-state index is -0.206. The van der Waals surface area contributed by atoms with E-state index in [1.54, 1.807) is 0 Å². The van der Waals surface area contributed by atoms with E-state index in [1.807, 2.05) is 0 Å². The fourth-order valence-corrected chi connectivity index (χ4v) is 4.89. The monoisotopic (exact) mass is 261 g/mol. The zero-order valence-electron chi connectivity index (χ0n) is 11.7. The van der Waals surface area contributed by atoms with Crippen LogP contribution in [0.1, 0.15) is 51.9 Å². The van der Waals surface area contributed by atoms with Crippen molar-refractivity contribution in [2.75, 3.05) is 6.54 Å². The van der Waals surface area contributed by atoms with E-state index in [0.29, 0.717) is 31.2 Å². The van der Waals surface area contributed by atoms with Crippen molar-refractivity contribution in [2.24, 2.45) is 23.7 Å². The summed E-state index contributed by atoms with van der Waals surface area (Å²) >= 11 is 0. The van der Waals surface area contributed by atoms with Crippen LogP contribution in [-0.4, -0.2) is 18.1 Å². The molecule has 0 atom stereocenters. The zero-order valence-corrected chi connectivity index (χ0v) is 11.7. The van der Waals surface area contributed by atoms with Gasteiger partial charge in [0.2, 0.25) is 6.54 Å². The van der Waals surface area contributed by atoms with Gasteiger partial charge in [-0.15, -0.1) is 0 Å². The number of hydrogen-bond donors (Lipinski definition) is 0. The molecule has 4 aliphatic rings. The van der Waals surface area contributed by atoms with E-state index < -0.39 is 0 Å². The highest BCUT2D eigenvalue weighted by Crippen LogP contribution is 2.59. The lowest BCUT2D eigenvalue weighted by Gasteiger charge is -2.59. The normalized spacial score (nSPS) is 42.9. The molecule has 0 aromatic carbocycles. The number of carbonyl (C=O) groups excluding carboxylic acids is 1. The van der Waals surface area contributed by atoms with Crippen molar-refractivity contribution in [3.05, 3.63) is 11.4 Å². The van der Waals surface area contributed by atoms with Crippen LogP contribution in [0.15, 0.2) is 0 Å². The minimum Gasteiger partial charge on any atom is -0.459 e. The molecular formula is C16H23NO2. The largest absolute Gasteiger partial charge is 0.459 e. The van der Waals surface area contributed by atoms with E-state index >= 15 is 0 Å². The van der Waals surface area contributed by atoms with Crippen LogP contribution in [0.3, 0.4) is 0 Å². The summed E-state index contributed by atoms with van der Waals surface area (Å²) in [6, 6.07) is 0. The Morgan fingerprint density at radius 3 is 2.32 bits per heavy atom. The highest BCUT2D eigenvalue weighted by Gasteiger charge is 2.56. The summed E-state index contributed by atoms with van der Waals surface area (Å²) < 4.78 is 5.92. The fraction of sp³-hybridized carbons (Fsp3) is 0.875. The molecule has 0 aliphatic heterocycles. The van der Waals surface area contributed by atoms with Crippen LogP contribution in [0.25, 0.3) is 4.85 Å². The van der Waals surface area contributed by atoms with Gasteiger partial charge in [-0.2, -0.15) is 0 Å². The molecule has 4 fully saturated rings. The fourth-order valence-electron chi connectivity index (χ4n) is 4.89. The molecule has 0 heterocycles. The predicted octanol–water partition coefficient (Wildman–Crippen LogP) is 3.44. The molecule has 19 heavy (non-hydrogen) atoms. The highest BCUT2D eigenvalue weighted by atomic mass is 16.6. The summed E-state index contributed by atoms with van der Waals surface area (Å²) in [5, 5.41) is 0. The Kier molecular flexibility index (Phi) is 3.28. The molecular weight excluding hydrogens is 238 g/mol. The Labute approximate surface area is 115 Å². The quantitative estimate of drug-likeness (QED) is 0.441. The molecule has 4 saturated carbocycles. The lowest BCUT2D eigenvalue weighted by Crippen LogP contribution is -2.57. The predicted molar refractivity (Wildman–Crippen MR) is 72.2 cm³/mol. The first-order valence-electron chi connectivity index (χ1n) is 7.67. The first-order chi connectivity index (χ1) is 9.11. The van der Waals surface area contributed by atoms with Crippen molar-refractivity contribution in [1.82, 2.24) is 0 Å². The number of nitrogens with zero attached hydrogens (tertiary/aromatic N) is 1.